The largest absolute Gasteiger partial charge is 0.295 e. The van der Waals surface area contributed by atoms with E-state index in [2.05, 4.69) is 46.2 Å². The first-order valence-electron chi connectivity index (χ1n) is 8.09. The first-order chi connectivity index (χ1) is 11.8. The summed E-state index contributed by atoms with van der Waals surface area (Å²) in [6.45, 7) is 1.50. The standard InChI is InChI=1S/C20H20N4/c1-24(14-19-17(7-4-11-21)8-5-12-22-19)15-20-18-9-3-2-6-16(18)10-13-23-20/h2-3,5-6,8-10,12-13H,4,7,14-15H2,1H3. The van der Waals surface area contributed by atoms with Gasteiger partial charge in [0.2, 0.25) is 0 Å². The van der Waals surface area contributed by atoms with Gasteiger partial charge in [0.25, 0.3) is 0 Å². The van der Waals surface area contributed by atoms with Gasteiger partial charge in [-0.1, -0.05) is 30.3 Å². The Morgan fingerprint density at radius 3 is 2.62 bits per heavy atom. The van der Waals surface area contributed by atoms with E-state index in [-0.39, 0.29) is 0 Å². The normalized spacial score (nSPS) is 10.9. The molecule has 1 aromatic carbocycles. The number of benzene rings is 1. The molecule has 0 aliphatic carbocycles. The van der Waals surface area contributed by atoms with Gasteiger partial charge in [0.1, 0.15) is 0 Å². The second-order valence-electron chi connectivity index (χ2n) is 5.92. The highest BCUT2D eigenvalue weighted by molar-refractivity contribution is 5.84. The molecule has 0 bridgehead atoms. The van der Waals surface area contributed by atoms with Crippen LogP contribution in [0.5, 0.6) is 0 Å². The summed E-state index contributed by atoms with van der Waals surface area (Å²) in [7, 11) is 2.08. The summed E-state index contributed by atoms with van der Waals surface area (Å²) in [5.74, 6) is 0. The summed E-state index contributed by atoms with van der Waals surface area (Å²) in [6.07, 6.45) is 4.95. The van der Waals surface area contributed by atoms with E-state index in [9.17, 15) is 0 Å². The van der Waals surface area contributed by atoms with Gasteiger partial charge in [0.15, 0.2) is 0 Å². The lowest BCUT2D eigenvalue weighted by molar-refractivity contribution is 0.311. The van der Waals surface area contributed by atoms with Crippen LogP contribution in [0.4, 0.5) is 0 Å². The molecular formula is C20H20N4. The molecule has 120 valence electrons. The van der Waals surface area contributed by atoms with E-state index in [1.807, 2.05) is 36.7 Å². The highest BCUT2D eigenvalue weighted by atomic mass is 15.1. The lowest BCUT2D eigenvalue weighted by Gasteiger charge is -2.18. The predicted octanol–water partition coefficient (Wildman–Crippen LogP) is 3.72. The highest BCUT2D eigenvalue weighted by Gasteiger charge is 2.10. The van der Waals surface area contributed by atoms with Crippen molar-refractivity contribution in [3.63, 3.8) is 0 Å². The van der Waals surface area contributed by atoms with Crippen LogP contribution in [-0.2, 0) is 19.5 Å². The van der Waals surface area contributed by atoms with Gasteiger partial charge in [-0.3, -0.25) is 14.9 Å². The van der Waals surface area contributed by atoms with Crippen molar-refractivity contribution in [2.45, 2.75) is 25.9 Å². The molecule has 0 N–H and O–H groups in total. The number of nitrogens with zero attached hydrogens (tertiary/aromatic N) is 4. The van der Waals surface area contributed by atoms with Crippen molar-refractivity contribution < 1.29 is 0 Å². The SMILES string of the molecule is CN(Cc1ncccc1CCC#N)Cc1nccc2ccccc12. The third-order valence-electron chi connectivity index (χ3n) is 4.09. The fourth-order valence-corrected chi connectivity index (χ4v) is 2.91. The lowest BCUT2D eigenvalue weighted by Crippen LogP contribution is -2.20. The van der Waals surface area contributed by atoms with Crippen LogP contribution in [0.1, 0.15) is 23.4 Å². The van der Waals surface area contributed by atoms with Gasteiger partial charge in [-0.15, -0.1) is 0 Å². The van der Waals surface area contributed by atoms with Gasteiger partial charge in [-0.05, 0) is 36.6 Å². The van der Waals surface area contributed by atoms with E-state index < -0.39 is 0 Å². The molecule has 0 aliphatic rings. The molecular weight excluding hydrogens is 296 g/mol. The molecule has 2 heterocycles. The molecule has 0 amide bonds. The number of rotatable bonds is 6. The quantitative estimate of drug-likeness (QED) is 0.695. The maximum absolute atomic E-state index is 8.81. The summed E-state index contributed by atoms with van der Waals surface area (Å²) >= 11 is 0. The molecule has 0 saturated heterocycles. The Bertz CT molecular complexity index is 861. The zero-order chi connectivity index (χ0) is 16.8. The summed E-state index contributed by atoms with van der Waals surface area (Å²) in [5, 5.41) is 11.2. The molecule has 0 radical (unpaired) electrons. The number of nitriles is 1. The van der Waals surface area contributed by atoms with E-state index in [0.29, 0.717) is 6.42 Å². The van der Waals surface area contributed by atoms with Crippen LogP contribution in [0, 0.1) is 11.3 Å². The molecule has 24 heavy (non-hydrogen) atoms. The number of aromatic nitrogens is 2. The average molecular weight is 316 g/mol. The molecule has 4 heteroatoms. The van der Waals surface area contributed by atoms with Crippen LogP contribution in [0.15, 0.2) is 54.9 Å². The fourth-order valence-electron chi connectivity index (χ4n) is 2.91. The molecule has 3 rings (SSSR count). The number of hydrogen-bond donors (Lipinski definition) is 0. The number of fused-ring (bicyclic) bond motifs is 1. The molecule has 0 fully saturated rings. The van der Waals surface area contributed by atoms with Gasteiger partial charge >= 0.3 is 0 Å². The number of aryl methyl sites for hydroxylation is 1. The molecule has 0 atom stereocenters. The van der Waals surface area contributed by atoms with Crippen LogP contribution in [0.25, 0.3) is 10.8 Å². The van der Waals surface area contributed by atoms with Crippen LogP contribution < -0.4 is 0 Å². The van der Waals surface area contributed by atoms with E-state index in [4.69, 9.17) is 5.26 Å². The Morgan fingerprint density at radius 2 is 1.75 bits per heavy atom. The van der Waals surface area contributed by atoms with Crippen molar-refractivity contribution in [2.75, 3.05) is 7.05 Å². The molecule has 0 aliphatic heterocycles. The first-order valence-corrected chi connectivity index (χ1v) is 8.09. The van der Waals surface area contributed by atoms with Crippen molar-refractivity contribution in [2.24, 2.45) is 0 Å². The second kappa shape index (κ2) is 7.67. The van der Waals surface area contributed by atoms with E-state index in [1.54, 1.807) is 0 Å². The van der Waals surface area contributed by atoms with Crippen molar-refractivity contribution in [3.05, 3.63) is 71.8 Å². The minimum absolute atomic E-state index is 0.521. The topological polar surface area (TPSA) is 52.8 Å². The zero-order valence-electron chi connectivity index (χ0n) is 13.8. The van der Waals surface area contributed by atoms with Crippen molar-refractivity contribution in [3.8, 4) is 6.07 Å². The highest BCUT2D eigenvalue weighted by Crippen LogP contribution is 2.18. The summed E-state index contributed by atoms with van der Waals surface area (Å²) in [4.78, 5) is 11.3. The molecule has 3 aromatic rings. The minimum Gasteiger partial charge on any atom is -0.295 e. The van der Waals surface area contributed by atoms with E-state index in [1.165, 1.54) is 10.8 Å². The molecule has 2 aromatic heterocycles. The maximum Gasteiger partial charge on any atom is 0.0625 e. The third-order valence-corrected chi connectivity index (χ3v) is 4.09. The first kappa shape index (κ1) is 16.1. The molecule has 0 saturated carbocycles. The van der Waals surface area contributed by atoms with E-state index in [0.717, 1.165) is 36.5 Å². The summed E-state index contributed by atoms with van der Waals surface area (Å²) in [6, 6.07) is 16.6. The fraction of sp³-hybridized carbons (Fsp3) is 0.250. The third kappa shape index (κ3) is 3.76. The lowest BCUT2D eigenvalue weighted by atomic mass is 10.1. The van der Waals surface area contributed by atoms with Crippen LogP contribution >= 0.6 is 0 Å². The van der Waals surface area contributed by atoms with Gasteiger partial charge in [0.05, 0.1) is 17.5 Å². The van der Waals surface area contributed by atoms with Gasteiger partial charge in [0, 0.05) is 37.3 Å². The number of pyridine rings is 2. The Morgan fingerprint density at radius 1 is 0.958 bits per heavy atom. The Labute approximate surface area is 142 Å². The molecule has 4 nitrogen and oxygen atoms in total. The van der Waals surface area contributed by atoms with Gasteiger partial charge in [-0.2, -0.15) is 5.26 Å². The average Bonchev–Trinajstić information content (AvgIpc) is 2.61. The van der Waals surface area contributed by atoms with Crippen molar-refractivity contribution in [1.29, 1.82) is 5.26 Å². The monoisotopic (exact) mass is 316 g/mol. The molecule has 0 unspecified atom stereocenters. The second-order valence-corrected chi connectivity index (χ2v) is 5.92. The predicted molar refractivity (Wildman–Crippen MR) is 95.1 cm³/mol. The van der Waals surface area contributed by atoms with Crippen molar-refractivity contribution >= 4 is 10.8 Å². The van der Waals surface area contributed by atoms with Crippen LogP contribution in [0.2, 0.25) is 0 Å². The van der Waals surface area contributed by atoms with Gasteiger partial charge < -0.3 is 0 Å². The summed E-state index contributed by atoms with van der Waals surface area (Å²) < 4.78 is 0. The number of hydrogen-bond acceptors (Lipinski definition) is 4. The summed E-state index contributed by atoms with van der Waals surface area (Å²) in [5.41, 5.74) is 3.26. The smallest absolute Gasteiger partial charge is 0.0625 e. The van der Waals surface area contributed by atoms with Crippen LogP contribution in [0.3, 0.4) is 0 Å². The van der Waals surface area contributed by atoms with Crippen molar-refractivity contribution in [1.82, 2.24) is 14.9 Å². The Hall–Kier alpha value is -2.77. The minimum atomic E-state index is 0.521. The Kier molecular flexibility index (Phi) is 5.15. The zero-order valence-corrected chi connectivity index (χ0v) is 13.8. The Balaban J connectivity index is 1.76. The molecule has 0 spiro atoms. The van der Waals surface area contributed by atoms with Crippen LogP contribution in [-0.4, -0.2) is 21.9 Å². The maximum atomic E-state index is 8.81. The van der Waals surface area contributed by atoms with Gasteiger partial charge in [-0.25, -0.2) is 0 Å². The van der Waals surface area contributed by atoms with E-state index >= 15 is 0 Å².